The highest BCUT2D eigenvalue weighted by Crippen LogP contribution is 2.27. The number of nitrogens with zero attached hydrogens (tertiary/aromatic N) is 2. The van der Waals surface area contributed by atoms with Crippen molar-refractivity contribution in [2.75, 3.05) is 33.7 Å². The number of amides is 1. The fourth-order valence-electron chi connectivity index (χ4n) is 2.67. The van der Waals surface area contributed by atoms with E-state index in [4.69, 9.17) is 0 Å². The number of nitrogens with one attached hydrogen (secondary N) is 1. The molecule has 4 heteroatoms. The van der Waals surface area contributed by atoms with Crippen molar-refractivity contribution in [3.8, 4) is 0 Å². The number of carbonyl (C=O) groups is 1. The molecule has 1 N–H and O–H groups in total. The number of benzene rings is 1. The van der Waals surface area contributed by atoms with Gasteiger partial charge in [-0.1, -0.05) is 30.3 Å². The van der Waals surface area contributed by atoms with E-state index < -0.39 is 0 Å². The highest BCUT2D eigenvalue weighted by molar-refractivity contribution is 5.79. The van der Waals surface area contributed by atoms with E-state index in [9.17, 15) is 4.79 Å². The second-order valence-corrected chi connectivity index (χ2v) is 6.45. The molecule has 0 radical (unpaired) electrons. The first-order chi connectivity index (χ1) is 9.39. The molecular formula is C16H25N3O. The highest BCUT2D eigenvalue weighted by Gasteiger charge is 2.35. The van der Waals surface area contributed by atoms with Gasteiger partial charge in [0.15, 0.2) is 0 Å². The molecule has 0 spiro atoms. The van der Waals surface area contributed by atoms with Crippen molar-refractivity contribution >= 4 is 5.91 Å². The predicted molar refractivity (Wildman–Crippen MR) is 81.5 cm³/mol. The summed E-state index contributed by atoms with van der Waals surface area (Å²) in [6, 6.07) is 10.4. The summed E-state index contributed by atoms with van der Waals surface area (Å²) in [4.78, 5) is 16.5. The first-order valence-electron chi connectivity index (χ1n) is 7.13. The number of rotatable bonds is 3. The van der Waals surface area contributed by atoms with Gasteiger partial charge in [-0.15, -0.1) is 0 Å². The van der Waals surface area contributed by atoms with Gasteiger partial charge >= 0.3 is 0 Å². The van der Waals surface area contributed by atoms with Gasteiger partial charge in [0.2, 0.25) is 5.91 Å². The van der Waals surface area contributed by atoms with Crippen LogP contribution in [0.15, 0.2) is 30.3 Å². The largest absolute Gasteiger partial charge is 0.331 e. The van der Waals surface area contributed by atoms with Crippen molar-refractivity contribution in [3.63, 3.8) is 0 Å². The van der Waals surface area contributed by atoms with E-state index >= 15 is 0 Å². The van der Waals surface area contributed by atoms with Crippen LogP contribution in [-0.4, -0.2) is 55.0 Å². The Morgan fingerprint density at radius 1 is 1.35 bits per heavy atom. The number of piperazine rings is 1. The maximum Gasteiger partial charge on any atom is 0.237 e. The van der Waals surface area contributed by atoms with E-state index in [1.165, 1.54) is 5.56 Å². The van der Waals surface area contributed by atoms with E-state index in [0.29, 0.717) is 6.54 Å². The molecule has 4 nitrogen and oxygen atoms in total. The highest BCUT2D eigenvalue weighted by atomic mass is 16.2. The van der Waals surface area contributed by atoms with Crippen molar-refractivity contribution in [3.05, 3.63) is 35.9 Å². The number of hydrogen-bond donors (Lipinski definition) is 1. The SMILES string of the molecule is CN(C)CC(=O)N1CC(C)(C)NCC1c1ccccc1. The maximum atomic E-state index is 12.5. The summed E-state index contributed by atoms with van der Waals surface area (Å²) >= 11 is 0. The summed E-state index contributed by atoms with van der Waals surface area (Å²) < 4.78 is 0. The second-order valence-electron chi connectivity index (χ2n) is 6.45. The van der Waals surface area contributed by atoms with Gasteiger partial charge in [-0.25, -0.2) is 0 Å². The molecule has 110 valence electrons. The molecule has 0 saturated carbocycles. The van der Waals surface area contributed by atoms with E-state index in [-0.39, 0.29) is 17.5 Å². The number of likely N-dealkylation sites (N-methyl/N-ethyl adjacent to an activating group) is 1. The molecule has 0 aliphatic carbocycles. The maximum absolute atomic E-state index is 12.5. The third kappa shape index (κ3) is 3.58. The molecule has 0 bridgehead atoms. The molecule has 1 aliphatic heterocycles. The zero-order chi connectivity index (χ0) is 14.8. The van der Waals surface area contributed by atoms with E-state index in [0.717, 1.165) is 13.1 Å². The second kappa shape index (κ2) is 5.94. The quantitative estimate of drug-likeness (QED) is 0.908. The molecular weight excluding hydrogens is 250 g/mol. The first-order valence-corrected chi connectivity index (χ1v) is 7.13. The summed E-state index contributed by atoms with van der Waals surface area (Å²) in [6.45, 7) is 6.28. The fourth-order valence-corrected chi connectivity index (χ4v) is 2.67. The van der Waals surface area contributed by atoms with E-state index in [2.05, 4.69) is 31.3 Å². The van der Waals surface area contributed by atoms with Crippen LogP contribution in [0.5, 0.6) is 0 Å². The zero-order valence-corrected chi connectivity index (χ0v) is 12.9. The molecule has 1 atom stereocenters. The van der Waals surface area contributed by atoms with Crippen LogP contribution in [-0.2, 0) is 4.79 Å². The van der Waals surface area contributed by atoms with Crippen molar-refractivity contribution in [2.24, 2.45) is 0 Å². The minimum absolute atomic E-state index is 0.0345. The van der Waals surface area contributed by atoms with Crippen molar-refractivity contribution in [2.45, 2.75) is 25.4 Å². The molecule has 1 fully saturated rings. The number of carbonyl (C=O) groups excluding carboxylic acids is 1. The lowest BCUT2D eigenvalue weighted by Crippen LogP contribution is -2.60. The summed E-state index contributed by atoms with van der Waals surface area (Å²) in [7, 11) is 3.87. The van der Waals surface area contributed by atoms with Crippen LogP contribution >= 0.6 is 0 Å². The molecule has 1 amide bonds. The van der Waals surface area contributed by atoms with Crippen LogP contribution in [0.3, 0.4) is 0 Å². The Morgan fingerprint density at radius 2 is 2.00 bits per heavy atom. The van der Waals surface area contributed by atoms with Crippen molar-refractivity contribution in [1.82, 2.24) is 15.1 Å². The lowest BCUT2D eigenvalue weighted by Gasteiger charge is -2.45. The van der Waals surface area contributed by atoms with Gasteiger partial charge in [-0.05, 0) is 33.5 Å². The number of hydrogen-bond acceptors (Lipinski definition) is 3. The average Bonchev–Trinajstić information content (AvgIpc) is 2.38. The summed E-state index contributed by atoms with van der Waals surface area (Å²) in [5.41, 5.74) is 1.16. The average molecular weight is 275 g/mol. The molecule has 20 heavy (non-hydrogen) atoms. The Bertz CT molecular complexity index is 456. The lowest BCUT2D eigenvalue weighted by molar-refractivity contribution is -0.137. The fraction of sp³-hybridized carbons (Fsp3) is 0.562. The molecule has 2 rings (SSSR count). The van der Waals surface area contributed by atoms with Gasteiger partial charge in [0.1, 0.15) is 0 Å². The van der Waals surface area contributed by atoms with Gasteiger partial charge in [0, 0.05) is 18.6 Å². The minimum Gasteiger partial charge on any atom is -0.331 e. The monoisotopic (exact) mass is 275 g/mol. The standard InChI is InChI=1S/C16H25N3O/c1-16(2)12-19(15(20)11-18(3)4)14(10-17-16)13-8-6-5-7-9-13/h5-9,14,17H,10-12H2,1-4H3. The van der Waals surface area contributed by atoms with Gasteiger partial charge in [0.05, 0.1) is 12.6 Å². The predicted octanol–water partition coefficient (Wildman–Crippen LogP) is 1.50. The molecule has 1 saturated heterocycles. The van der Waals surface area contributed by atoms with Crippen LogP contribution in [0.1, 0.15) is 25.5 Å². The van der Waals surface area contributed by atoms with E-state index in [1.54, 1.807) is 0 Å². The Hall–Kier alpha value is -1.39. The topological polar surface area (TPSA) is 35.6 Å². The smallest absolute Gasteiger partial charge is 0.237 e. The Labute approximate surface area is 121 Å². The van der Waals surface area contributed by atoms with Crippen LogP contribution in [0.2, 0.25) is 0 Å². The Balaban J connectivity index is 2.22. The lowest BCUT2D eigenvalue weighted by atomic mass is 9.94. The van der Waals surface area contributed by atoms with Crippen LogP contribution in [0.4, 0.5) is 0 Å². The minimum atomic E-state index is -0.0345. The summed E-state index contributed by atoms with van der Waals surface area (Å²) in [6.07, 6.45) is 0. The van der Waals surface area contributed by atoms with Gasteiger partial charge in [-0.3, -0.25) is 4.79 Å². The molecule has 1 aliphatic rings. The van der Waals surface area contributed by atoms with Crippen molar-refractivity contribution in [1.29, 1.82) is 0 Å². The Kier molecular flexibility index (Phi) is 4.45. The molecule has 1 aromatic rings. The Morgan fingerprint density at radius 3 is 2.60 bits per heavy atom. The van der Waals surface area contributed by atoms with Gasteiger partial charge < -0.3 is 15.1 Å². The van der Waals surface area contributed by atoms with Gasteiger partial charge in [0.25, 0.3) is 0 Å². The van der Waals surface area contributed by atoms with E-state index in [1.807, 2.05) is 42.1 Å². The van der Waals surface area contributed by atoms with Crippen LogP contribution in [0, 0.1) is 0 Å². The normalized spacial score (nSPS) is 22.1. The molecule has 0 aromatic heterocycles. The first kappa shape index (κ1) is 15.0. The van der Waals surface area contributed by atoms with Crippen LogP contribution < -0.4 is 5.32 Å². The molecule has 1 aromatic carbocycles. The summed E-state index contributed by atoms with van der Waals surface area (Å²) in [5, 5.41) is 3.54. The third-order valence-electron chi connectivity index (χ3n) is 3.67. The summed E-state index contributed by atoms with van der Waals surface area (Å²) in [5.74, 6) is 0.193. The molecule has 1 heterocycles. The molecule has 1 unspecified atom stereocenters. The van der Waals surface area contributed by atoms with Gasteiger partial charge in [-0.2, -0.15) is 0 Å². The van der Waals surface area contributed by atoms with Crippen LogP contribution in [0.25, 0.3) is 0 Å². The van der Waals surface area contributed by atoms with Crippen molar-refractivity contribution < 1.29 is 4.79 Å². The third-order valence-corrected chi connectivity index (χ3v) is 3.67. The zero-order valence-electron chi connectivity index (χ0n) is 12.9.